The Balaban J connectivity index is 1.90. The standard InChI is InChI=1S/C19H20N2O2S/c1-12-19(14-6-9-16(22-2)17(11-14)23-3)21-18(24-12)10-13-4-7-15(20)8-5-13/h4-9,11H,10,20H2,1-3H3. The van der Waals surface area contributed by atoms with Crippen molar-refractivity contribution in [3.63, 3.8) is 0 Å². The SMILES string of the molecule is COc1ccc(-c2nc(Cc3ccc(N)cc3)sc2C)cc1OC. The van der Waals surface area contributed by atoms with Crippen molar-refractivity contribution in [3.05, 3.63) is 57.9 Å². The predicted molar refractivity (Wildman–Crippen MR) is 99.1 cm³/mol. The van der Waals surface area contributed by atoms with Gasteiger partial charge in [0.1, 0.15) is 0 Å². The van der Waals surface area contributed by atoms with E-state index in [9.17, 15) is 0 Å². The highest BCUT2D eigenvalue weighted by Gasteiger charge is 2.13. The summed E-state index contributed by atoms with van der Waals surface area (Å²) in [6.45, 7) is 2.09. The average Bonchev–Trinajstić information content (AvgIpc) is 2.96. The van der Waals surface area contributed by atoms with Crippen LogP contribution in [0.25, 0.3) is 11.3 Å². The van der Waals surface area contributed by atoms with Crippen LogP contribution in [-0.4, -0.2) is 19.2 Å². The van der Waals surface area contributed by atoms with Crippen LogP contribution in [0.15, 0.2) is 42.5 Å². The molecule has 0 bridgehead atoms. The second kappa shape index (κ2) is 6.93. The van der Waals surface area contributed by atoms with Crippen LogP contribution < -0.4 is 15.2 Å². The molecule has 0 atom stereocenters. The predicted octanol–water partition coefficient (Wildman–Crippen LogP) is 4.31. The molecule has 1 heterocycles. The number of thiazole rings is 1. The van der Waals surface area contributed by atoms with Gasteiger partial charge in [0.05, 0.1) is 24.9 Å². The molecule has 0 aliphatic carbocycles. The van der Waals surface area contributed by atoms with Gasteiger partial charge in [0, 0.05) is 22.5 Å². The zero-order chi connectivity index (χ0) is 17.1. The molecule has 0 radical (unpaired) electrons. The third-order valence-corrected chi connectivity index (χ3v) is 4.80. The molecule has 0 saturated carbocycles. The Morgan fingerprint density at radius 1 is 1.00 bits per heavy atom. The number of methoxy groups -OCH3 is 2. The highest BCUT2D eigenvalue weighted by Crippen LogP contribution is 2.35. The maximum Gasteiger partial charge on any atom is 0.161 e. The number of anilines is 1. The van der Waals surface area contributed by atoms with Crippen molar-refractivity contribution >= 4 is 17.0 Å². The third kappa shape index (κ3) is 3.36. The van der Waals surface area contributed by atoms with E-state index in [4.69, 9.17) is 20.2 Å². The van der Waals surface area contributed by atoms with Gasteiger partial charge in [-0.15, -0.1) is 11.3 Å². The molecule has 124 valence electrons. The number of nitrogen functional groups attached to an aromatic ring is 1. The van der Waals surface area contributed by atoms with E-state index in [1.54, 1.807) is 25.6 Å². The number of nitrogens with zero attached hydrogens (tertiary/aromatic N) is 1. The van der Waals surface area contributed by atoms with Crippen LogP contribution in [0.2, 0.25) is 0 Å². The Morgan fingerprint density at radius 3 is 2.38 bits per heavy atom. The molecular weight excluding hydrogens is 320 g/mol. The summed E-state index contributed by atoms with van der Waals surface area (Å²) in [6, 6.07) is 13.8. The summed E-state index contributed by atoms with van der Waals surface area (Å²) < 4.78 is 10.7. The number of benzene rings is 2. The van der Waals surface area contributed by atoms with Crippen LogP contribution in [0.4, 0.5) is 5.69 Å². The smallest absolute Gasteiger partial charge is 0.161 e. The maximum absolute atomic E-state index is 5.74. The van der Waals surface area contributed by atoms with Gasteiger partial charge < -0.3 is 15.2 Å². The van der Waals surface area contributed by atoms with Gasteiger partial charge >= 0.3 is 0 Å². The number of hydrogen-bond donors (Lipinski definition) is 1. The summed E-state index contributed by atoms with van der Waals surface area (Å²) in [4.78, 5) is 6.01. The molecule has 3 aromatic rings. The molecule has 3 rings (SSSR count). The van der Waals surface area contributed by atoms with E-state index >= 15 is 0 Å². The van der Waals surface area contributed by atoms with E-state index in [1.165, 1.54) is 10.4 Å². The molecule has 2 N–H and O–H groups in total. The van der Waals surface area contributed by atoms with E-state index < -0.39 is 0 Å². The molecule has 0 amide bonds. The summed E-state index contributed by atoms with van der Waals surface area (Å²) in [5, 5.41) is 1.09. The first kappa shape index (κ1) is 16.3. The Kier molecular flexibility index (Phi) is 4.71. The largest absolute Gasteiger partial charge is 0.493 e. The van der Waals surface area contributed by atoms with E-state index in [0.29, 0.717) is 5.75 Å². The summed E-state index contributed by atoms with van der Waals surface area (Å²) in [6.07, 6.45) is 0.805. The van der Waals surface area contributed by atoms with Gasteiger partial charge in [-0.3, -0.25) is 0 Å². The van der Waals surface area contributed by atoms with Gasteiger partial charge in [-0.05, 0) is 42.8 Å². The first-order valence-electron chi connectivity index (χ1n) is 7.64. The molecule has 5 heteroatoms. The Labute approximate surface area is 145 Å². The number of rotatable bonds is 5. The van der Waals surface area contributed by atoms with E-state index in [0.717, 1.165) is 34.1 Å². The normalized spacial score (nSPS) is 10.6. The molecule has 0 aliphatic rings. The molecule has 24 heavy (non-hydrogen) atoms. The molecule has 0 aliphatic heterocycles. The molecule has 0 spiro atoms. The fourth-order valence-corrected chi connectivity index (χ4v) is 3.58. The topological polar surface area (TPSA) is 57.4 Å². The molecule has 0 fully saturated rings. The van der Waals surface area contributed by atoms with Crippen molar-refractivity contribution in [3.8, 4) is 22.8 Å². The second-order valence-corrected chi connectivity index (χ2v) is 6.79. The van der Waals surface area contributed by atoms with Crippen molar-refractivity contribution in [1.29, 1.82) is 0 Å². The minimum atomic E-state index is 0.711. The van der Waals surface area contributed by atoms with Crippen LogP contribution in [0, 0.1) is 6.92 Å². The lowest BCUT2D eigenvalue weighted by Gasteiger charge is -2.08. The number of nitrogens with two attached hydrogens (primary N) is 1. The van der Waals surface area contributed by atoms with Gasteiger partial charge in [0.2, 0.25) is 0 Å². The van der Waals surface area contributed by atoms with Crippen LogP contribution in [0.3, 0.4) is 0 Å². The second-order valence-electron chi connectivity index (χ2n) is 5.50. The zero-order valence-corrected chi connectivity index (χ0v) is 14.8. The number of hydrogen-bond acceptors (Lipinski definition) is 5. The first-order chi connectivity index (χ1) is 11.6. The van der Waals surface area contributed by atoms with Crippen molar-refractivity contribution in [2.45, 2.75) is 13.3 Å². The Bertz CT molecular complexity index is 841. The fraction of sp³-hybridized carbons (Fsp3) is 0.211. The molecule has 1 aromatic heterocycles. The van der Waals surface area contributed by atoms with Gasteiger partial charge in [0.25, 0.3) is 0 Å². The summed E-state index contributed by atoms with van der Waals surface area (Å²) in [5.41, 5.74) is 9.75. The van der Waals surface area contributed by atoms with Gasteiger partial charge in [0.15, 0.2) is 11.5 Å². The monoisotopic (exact) mass is 340 g/mol. The lowest BCUT2D eigenvalue weighted by Crippen LogP contribution is -1.92. The van der Waals surface area contributed by atoms with Crippen LogP contribution in [0.1, 0.15) is 15.4 Å². The average molecular weight is 340 g/mol. The van der Waals surface area contributed by atoms with E-state index in [1.807, 2.05) is 42.5 Å². The van der Waals surface area contributed by atoms with Crippen LogP contribution in [0.5, 0.6) is 11.5 Å². The van der Waals surface area contributed by atoms with Gasteiger partial charge in [-0.25, -0.2) is 4.98 Å². The Hall–Kier alpha value is -2.53. The molecule has 4 nitrogen and oxygen atoms in total. The summed E-state index contributed by atoms with van der Waals surface area (Å²) in [5.74, 6) is 1.43. The van der Waals surface area contributed by atoms with Gasteiger partial charge in [-0.2, -0.15) is 0 Å². The zero-order valence-electron chi connectivity index (χ0n) is 14.0. The van der Waals surface area contributed by atoms with E-state index in [2.05, 4.69) is 6.92 Å². The molecule has 0 saturated heterocycles. The quantitative estimate of drug-likeness (QED) is 0.703. The highest BCUT2D eigenvalue weighted by atomic mass is 32.1. The van der Waals surface area contributed by atoms with Crippen LogP contribution in [-0.2, 0) is 6.42 Å². The molecule has 0 unspecified atom stereocenters. The van der Waals surface area contributed by atoms with E-state index in [-0.39, 0.29) is 0 Å². The minimum absolute atomic E-state index is 0.711. The lowest BCUT2D eigenvalue weighted by atomic mass is 10.1. The molecular formula is C19H20N2O2S. The van der Waals surface area contributed by atoms with Crippen molar-refractivity contribution < 1.29 is 9.47 Å². The number of ether oxygens (including phenoxy) is 2. The first-order valence-corrected chi connectivity index (χ1v) is 8.45. The van der Waals surface area contributed by atoms with Crippen molar-refractivity contribution in [1.82, 2.24) is 4.98 Å². The minimum Gasteiger partial charge on any atom is -0.493 e. The highest BCUT2D eigenvalue weighted by molar-refractivity contribution is 7.12. The van der Waals surface area contributed by atoms with Gasteiger partial charge in [-0.1, -0.05) is 12.1 Å². The summed E-state index contributed by atoms with van der Waals surface area (Å²) in [7, 11) is 3.28. The lowest BCUT2D eigenvalue weighted by molar-refractivity contribution is 0.355. The summed E-state index contributed by atoms with van der Waals surface area (Å²) >= 11 is 1.72. The van der Waals surface area contributed by atoms with Crippen LogP contribution >= 0.6 is 11.3 Å². The molecule has 2 aromatic carbocycles. The van der Waals surface area contributed by atoms with Crippen molar-refractivity contribution in [2.75, 3.05) is 20.0 Å². The fourth-order valence-electron chi connectivity index (χ4n) is 2.59. The maximum atomic E-state index is 5.74. The number of aromatic nitrogens is 1. The van der Waals surface area contributed by atoms with Crippen molar-refractivity contribution in [2.24, 2.45) is 0 Å². The number of aryl methyl sites for hydroxylation is 1. The third-order valence-electron chi connectivity index (χ3n) is 3.83. The Morgan fingerprint density at radius 2 is 1.71 bits per heavy atom.